The van der Waals surface area contributed by atoms with Crippen LogP contribution in [0.4, 0.5) is 0 Å². The van der Waals surface area contributed by atoms with Crippen molar-refractivity contribution in [3.63, 3.8) is 0 Å². The van der Waals surface area contributed by atoms with E-state index in [2.05, 4.69) is 4.98 Å². The van der Waals surface area contributed by atoms with Crippen molar-refractivity contribution in [2.75, 3.05) is 0 Å². The first-order valence-electron chi connectivity index (χ1n) is 7.51. The first-order valence-corrected chi connectivity index (χ1v) is 7.51. The summed E-state index contributed by atoms with van der Waals surface area (Å²) in [6.45, 7) is 0. The van der Waals surface area contributed by atoms with Crippen molar-refractivity contribution in [3.05, 3.63) is 123 Å². The van der Waals surface area contributed by atoms with Crippen molar-refractivity contribution >= 4 is 5.78 Å². The fourth-order valence-corrected chi connectivity index (χ4v) is 2.41. The molecule has 0 amide bonds. The number of carbonyl (C=O) groups excluding carboxylic acids is 1. The summed E-state index contributed by atoms with van der Waals surface area (Å²) in [6.07, 6.45) is 21.6. The van der Waals surface area contributed by atoms with Crippen LogP contribution in [-0.2, 0) is 17.1 Å². The summed E-state index contributed by atoms with van der Waals surface area (Å²) in [5.74, 6) is 1.11. The Kier molecular flexibility index (Phi) is 7.81. The molecule has 1 aromatic heterocycles. The van der Waals surface area contributed by atoms with Gasteiger partial charge >= 0.3 is 0 Å². The van der Waals surface area contributed by atoms with Crippen LogP contribution in [0.1, 0.15) is 21.5 Å². The van der Waals surface area contributed by atoms with Gasteiger partial charge in [-0.25, -0.2) is 0 Å². The van der Waals surface area contributed by atoms with Crippen molar-refractivity contribution in [1.82, 2.24) is 4.98 Å². The smallest absolute Gasteiger partial charge is 0.194 e. The van der Waals surface area contributed by atoms with Crippen molar-refractivity contribution in [2.45, 2.75) is 0 Å². The molecule has 0 atom stereocenters. The zero-order chi connectivity index (χ0) is 15.9. The molecule has 24 heavy (non-hydrogen) atoms. The number of H-pyrrole nitrogens is 1. The van der Waals surface area contributed by atoms with E-state index in [1.807, 2.05) is 94.3 Å². The summed E-state index contributed by atoms with van der Waals surface area (Å²) in [5, 5.41) is 0. The molecule has 120 valence electrons. The van der Waals surface area contributed by atoms with Gasteiger partial charge in [0, 0.05) is 46.5 Å². The fourth-order valence-electron chi connectivity index (χ4n) is 2.41. The third-order valence-corrected chi connectivity index (χ3v) is 3.56. The van der Waals surface area contributed by atoms with E-state index in [4.69, 9.17) is 0 Å². The van der Waals surface area contributed by atoms with Crippen LogP contribution in [0.2, 0.25) is 0 Å². The molecule has 0 saturated heterocycles. The predicted octanol–water partition coefficient (Wildman–Crippen LogP) is 4.02. The molecule has 1 aromatic carbocycles. The van der Waals surface area contributed by atoms with Gasteiger partial charge < -0.3 is 4.98 Å². The largest absolute Gasteiger partial charge is 0.367 e. The van der Waals surface area contributed by atoms with Crippen molar-refractivity contribution in [1.29, 1.82) is 0 Å². The molecule has 1 heterocycles. The standard InChI is InChI=1S/C16H12NO.C5H5.Fe/c18-16(13-8-2-1-3-9-13)15-11-17-10-14(15)12-6-4-5-7-12;1-2-4-5-3-1;/h1-11,17H;1-5H;. The van der Waals surface area contributed by atoms with Gasteiger partial charge in [-0.2, -0.15) is 0 Å². The summed E-state index contributed by atoms with van der Waals surface area (Å²) < 4.78 is 0. The van der Waals surface area contributed by atoms with Gasteiger partial charge in [-0.1, -0.05) is 30.3 Å². The minimum absolute atomic E-state index is 0. The second-order valence-corrected chi connectivity index (χ2v) is 5.11. The number of hydrogen-bond donors (Lipinski definition) is 1. The Bertz CT molecular complexity index is 602. The molecule has 2 nitrogen and oxygen atoms in total. The minimum Gasteiger partial charge on any atom is -0.367 e. The molecule has 0 unspecified atom stereocenters. The average Bonchev–Trinajstić information content (AvgIpc) is 3.38. The van der Waals surface area contributed by atoms with Gasteiger partial charge in [0.2, 0.25) is 0 Å². The van der Waals surface area contributed by atoms with Crippen LogP contribution in [-0.4, -0.2) is 10.8 Å². The Morgan fingerprint density at radius 2 is 1.33 bits per heavy atom. The quantitative estimate of drug-likeness (QED) is 0.655. The Morgan fingerprint density at radius 3 is 1.92 bits per heavy atom. The van der Waals surface area contributed by atoms with Crippen LogP contribution in [0.15, 0.2) is 42.7 Å². The second-order valence-electron chi connectivity index (χ2n) is 5.11. The molecule has 3 heteroatoms. The van der Waals surface area contributed by atoms with Gasteiger partial charge in [-0.05, 0) is 63.4 Å². The summed E-state index contributed by atoms with van der Waals surface area (Å²) in [6, 6.07) is 9.34. The first-order chi connectivity index (χ1) is 11.4. The Labute approximate surface area is 155 Å². The molecule has 4 rings (SSSR count). The molecule has 2 fully saturated rings. The minimum atomic E-state index is 0. The van der Waals surface area contributed by atoms with E-state index in [1.54, 1.807) is 6.20 Å². The van der Waals surface area contributed by atoms with Gasteiger partial charge in [0.1, 0.15) is 0 Å². The van der Waals surface area contributed by atoms with Gasteiger partial charge in [0.15, 0.2) is 5.78 Å². The van der Waals surface area contributed by atoms with E-state index in [-0.39, 0.29) is 22.9 Å². The van der Waals surface area contributed by atoms with Crippen LogP contribution in [0.3, 0.4) is 0 Å². The Hall–Kier alpha value is -1.31. The summed E-state index contributed by atoms with van der Waals surface area (Å²) >= 11 is 0. The van der Waals surface area contributed by atoms with Crippen LogP contribution in [0.5, 0.6) is 0 Å². The van der Waals surface area contributed by atoms with Crippen molar-refractivity contribution in [2.24, 2.45) is 0 Å². The molecule has 2 aliphatic carbocycles. The molecule has 10 radical (unpaired) electrons. The predicted molar refractivity (Wildman–Crippen MR) is 91.7 cm³/mol. The van der Waals surface area contributed by atoms with Crippen LogP contribution >= 0.6 is 0 Å². The van der Waals surface area contributed by atoms with E-state index in [0.29, 0.717) is 11.1 Å². The van der Waals surface area contributed by atoms with Crippen molar-refractivity contribution < 1.29 is 21.9 Å². The van der Waals surface area contributed by atoms with E-state index in [1.165, 1.54) is 0 Å². The third-order valence-electron chi connectivity index (χ3n) is 3.56. The maximum absolute atomic E-state index is 12.4. The molecule has 2 aliphatic rings. The fraction of sp³-hybridized carbons (Fsp3) is 0. The van der Waals surface area contributed by atoms with E-state index in [9.17, 15) is 4.79 Å². The zero-order valence-electron chi connectivity index (χ0n) is 13.0. The second kappa shape index (κ2) is 9.86. The Morgan fingerprint density at radius 1 is 0.750 bits per heavy atom. The number of aromatic nitrogens is 1. The normalized spacial score (nSPS) is 17.0. The van der Waals surface area contributed by atoms with Crippen LogP contribution in [0, 0.1) is 63.7 Å². The third kappa shape index (κ3) is 4.84. The molecular weight excluding hydrogens is 338 g/mol. The van der Waals surface area contributed by atoms with E-state index < -0.39 is 0 Å². The molecular formula is C21H17FeNO. The van der Waals surface area contributed by atoms with Crippen LogP contribution in [0.25, 0.3) is 0 Å². The van der Waals surface area contributed by atoms with Gasteiger partial charge in [0.05, 0.1) is 0 Å². The molecule has 0 aliphatic heterocycles. The SMILES string of the molecule is O=C(c1ccccc1)c1c[nH]cc1[C]1[CH][CH][CH][CH]1.[CH]1[CH][CH][CH][CH]1.[Fe]. The van der Waals surface area contributed by atoms with Gasteiger partial charge in [0.25, 0.3) is 0 Å². The average molecular weight is 355 g/mol. The first kappa shape index (κ1) is 19.0. The van der Waals surface area contributed by atoms with Crippen LogP contribution < -0.4 is 0 Å². The van der Waals surface area contributed by atoms with E-state index >= 15 is 0 Å². The molecule has 0 bridgehead atoms. The number of hydrogen-bond acceptors (Lipinski definition) is 1. The molecule has 1 N–H and O–H groups in total. The monoisotopic (exact) mass is 355 g/mol. The number of rotatable bonds is 3. The number of carbonyl (C=O) groups is 1. The van der Waals surface area contributed by atoms with Crippen molar-refractivity contribution in [3.8, 4) is 0 Å². The maximum Gasteiger partial charge on any atom is 0.194 e. The van der Waals surface area contributed by atoms with E-state index in [0.717, 1.165) is 11.5 Å². The summed E-state index contributed by atoms with van der Waals surface area (Å²) in [4.78, 5) is 15.4. The number of aromatic amines is 1. The summed E-state index contributed by atoms with van der Waals surface area (Å²) in [5.41, 5.74) is 2.38. The summed E-state index contributed by atoms with van der Waals surface area (Å²) in [7, 11) is 0. The van der Waals surface area contributed by atoms with Gasteiger partial charge in [-0.15, -0.1) is 0 Å². The topological polar surface area (TPSA) is 32.9 Å². The maximum atomic E-state index is 12.4. The Balaban J connectivity index is 0.000000300. The zero-order valence-corrected chi connectivity index (χ0v) is 14.1. The number of nitrogens with one attached hydrogen (secondary N) is 1. The molecule has 2 saturated carbocycles. The number of benzene rings is 1. The van der Waals surface area contributed by atoms with Gasteiger partial charge in [-0.3, -0.25) is 4.79 Å². The molecule has 2 aromatic rings. The number of ketones is 1. The molecule has 0 spiro atoms.